The molecule has 4 nitrogen and oxygen atoms in total. The lowest BCUT2D eigenvalue weighted by atomic mass is 9.95. The molecule has 0 fully saturated rings. The second-order valence-electron chi connectivity index (χ2n) is 5.78. The third-order valence-corrected chi connectivity index (χ3v) is 4.01. The first kappa shape index (κ1) is 16.3. The molecule has 0 saturated carbocycles. The highest BCUT2D eigenvalue weighted by Gasteiger charge is 2.16. The zero-order valence-electron chi connectivity index (χ0n) is 13.9. The molecule has 24 heavy (non-hydrogen) atoms. The summed E-state index contributed by atoms with van der Waals surface area (Å²) in [6.07, 6.45) is 0.992. The van der Waals surface area contributed by atoms with Crippen molar-refractivity contribution in [3.63, 3.8) is 0 Å². The van der Waals surface area contributed by atoms with Gasteiger partial charge in [0.2, 0.25) is 0 Å². The van der Waals surface area contributed by atoms with Gasteiger partial charge in [-0.15, -0.1) is 0 Å². The number of nitrogens with two attached hydrogens (primary N) is 1. The van der Waals surface area contributed by atoms with Gasteiger partial charge in [-0.2, -0.15) is 5.10 Å². The highest BCUT2D eigenvalue weighted by Crippen LogP contribution is 2.28. The Labute approximate surface area is 142 Å². The third kappa shape index (κ3) is 3.66. The molecule has 1 heterocycles. The van der Waals surface area contributed by atoms with Crippen molar-refractivity contribution in [1.82, 2.24) is 10.2 Å². The Hall–Kier alpha value is -2.59. The molecular formula is C20H23N3O. The molecule has 0 aliphatic carbocycles. The standard InChI is InChI=1S/C20H23N3O/c1-2-11-24-17-10-6-9-16(12-17)18(14-21)20-13-19(22-23-20)15-7-4-3-5-8-15/h3-10,12-13,18H,2,11,14,21H2,1H3,(H,22,23). The number of hydrogen-bond acceptors (Lipinski definition) is 3. The van der Waals surface area contributed by atoms with E-state index in [2.05, 4.69) is 47.5 Å². The van der Waals surface area contributed by atoms with Crippen molar-refractivity contribution in [3.05, 3.63) is 71.9 Å². The summed E-state index contributed by atoms with van der Waals surface area (Å²) in [4.78, 5) is 0. The normalized spacial score (nSPS) is 12.1. The Morgan fingerprint density at radius 3 is 2.67 bits per heavy atom. The number of nitrogens with zero attached hydrogens (tertiary/aromatic N) is 1. The molecule has 0 amide bonds. The number of hydrogen-bond donors (Lipinski definition) is 2. The number of aromatic amines is 1. The summed E-state index contributed by atoms with van der Waals surface area (Å²) in [5.41, 5.74) is 10.2. The summed E-state index contributed by atoms with van der Waals surface area (Å²) < 4.78 is 5.73. The highest BCUT2D eigenvalue weighted by molar-refractivity contribution is 5.59. The zero-order chi connectivity index (χ0) is 16.8. The number of nitrogens with one attached hydrogen (secondary N) is 1. The van der Waals surface area contributed by atoms with Crippen LogP contribution < -0.4 is 10.5 Å². The van der Waals surface area contributed by atoms with Crippen LogP contribution in [0.1, 0.15) is 30.5 Å². The van der Waals surface area contributed by atoms with Gasteiger partial charge < -0.3 is 10.5 Å². The smallest absolute Gasteiger partial charge is 0.119 e. The first-order chi connectivity index (χ1) is 11.8. The van der Waals surface area contributed by atoms with Crippen LogP contribution in [-0.4, -0.2) is 23.3 Å². The van der Waals surface area contributed by atoms with Crippen LogP contribution in [0.2, 0.25) is 0 Å². The SMILES string of the molecule is CCCOc1cccc(C(CN)c2cc(-c3ccccc3)n[nH]2)c1. The van der Waals surface area contributed by atoms with Crippen molar-refractivity contribution in [3.8, 4) is 17.0 Å². The minimum Gasteiger partial charge on any atom is -0.494 e. The lowest BCUT2D eigenvalue weighted by molar-refractivity contribution is 0.317. The van der Waals surface area contributed by atoms with E-state index < -0.39 is 0 Å². The van der Waals surface area contributed by atoms with Gasteiger partial charge >= 0.3 is 0 Å². The number of aromatic nitrogens is 2. The summed E-state index contributed by atoms with van der Waals surface area (Å²) in [5.74, 6) is 0.954. The van der Waals surface area contributed by atoms with Crippen molar-refractivity contribution in [2.45, 2.75) is 19.3 Å². The lowest BCUT2D eigenvalue weighted by Gasteiger charge is -2.14. The van der Waals surface area contributed by atoms with Crippen LogP contribution in [0.15, 0.2) is 60.7 Å². The third-order valence-electron chi connectivity index (χ3n) is 4.01. The van der Waals surface area contributed by atoms with Crippen LogP contribution in [0.5, 0.6) is 5.75 Å². The van der Waals surface area contributed by atoms with Gasteiger partial charge in [0.25, 0.3) is 0 Å². The van der Waals surface area contributed by atoms with Gasteiger partial charge in [-0.05, 0) is 30.2 Å². The molecule has 1 aromatic heterocycles. The first-order valence-corrected chi connectivity index (χ1v) is 8.35. The Balaban J connectivity index is 1.85. The maximum atomic E-state index is 6.05. The van der Waals surface area contributed by atoms with Gasteiger partial charge in [-0.1, -0.05) is 49.4 Å². The fourth-order valence-electron chi connectivity index (χ4n) is 2.76. The number of ether oxygens (including phenoxy) is 1. The first-order valence-electron chi connectivity index (χ1n) is 8.35. The van der Waals surface area contributed by atoms with E-state index in [0.29, 0.717) is 6.54 Å². The van der Waals surface area contributed by atoms with Crippen molar-refractivity contribution < 1.29 is 4.74 Å². The fourth-order valence-corrected chi connectivity index (χ4v) is 2.76. The molecule has 0 spiro atoms. The molecule has 1 atom stereocenters. The van der Waals surface area contributed by atoms with E-state index in [4.69, 9.17) is 10.5 Å². The van der Waals surface area contributed by atoms with E-state index in [1.54, 1.807) is 0 Å². The van der Waals surface area contributed by atoms with Crippen LogP contribution >= 0.6 is 0 Å². The van der Waals surface area contributed by atoms with E-state index in [1.807, 2.05) is 30.3 Å². The van der Waals surface area contributed by atoms with Crippen molar-refractivity contribution in [1.29, 1.82) is 0 Å². The molecular weight excluding hydrogens is 298 g/mol. The van der Waals surface area contributed by atoms with E-state index in [0.717, 1.165) is 41.3 Å². The predicted molar refractivity (Wildman–Crippen MR) is 97.1 cm³/mol. The number of H-pyrrole nitrogens is 1. The number of benzene rings is 2. The Morgan fingerprint density at radius 2 is 1.92 bits per heavy atom. The zero-order valence-corrected chi connectivity index (χ0v) is 13.9. The van der Waals surface area contributed by atoms with E-state index >= 15 is 0 Å². The largest absolute Gasteiger partial charge is 0.494 e. The second kappa shape index (κ2) is 7.79. The second-order valence-corrected chi connectivity index (χ2v) is 5.78. The average molecular weight is 321 g/mol. The average Bonchev–Trinajstić information content (AvgIpc) is 3.11. The molecule has 3 aromatic rings. The van der Waals surface area contributed by atoms with Crippen molar-refractivity contribution >= 4 is 0 Å². The van der Waals surface area contributed by atoms with Crippen LogP contribution in [-0.2, 0) is 0 Å². The molecule has 3 N–H and O–H groups in total. The van der Waals surface area contributed by atoms with Crippen LogP contribution in [0, 0.1) is 0 Å². The summed E-state index contributed by atoms with van der Waals surface area (Å²) >= 11 is 0. The highest BCUT2D eigenvalue weighted by atomic mass is 16.5. The summed E-state index contributed by atoms with van der Waals surface area (Å²) in [6.45, 7) is 3.33. The van der Waals surface area contributed by atoms with E-state index in [1.165, 1.54) is 0 Å². The maximum Gasteiger partial charge on any atom is 0.119 e. The summed E-state index contributed by atoms with van der Waals surface area (Å²) in [5, 5.41) is 7.59. The molecule has 2 aromatic carbocycles. The van der Waals surface area contributed by atoms with Gasteiger partial charge in [0.15, 0.2) is 0 Å². The quantitative estimate of drug-likeness (QED) is 0.692. The van der Waals surface area contributed by atoms with Crippen molar-refractivity contribution in [2.24, 2.45) is 5.73 Å². The van der Waals surface area contributed by atoms with Crippen LogP contribution in [0.25, 0.3) is 11.3 Å². The molecule has 1 unspecified atom stereocenters. The molecule has 0 aliphatic heterocycles. The van der Waals surface area contributed by atoms with Gasteiger partial charge in [0.05, 0.1) is 12.3 Å². The lowest BCUT2D eigenvalue weighted by Crippen LogP contribution is -2.14. The van der Waals surface area contributed by atoms with E-state index in [-0.39, 0.29) is 5.92 Å². The Morgan fingerprint density at radius 1 is 1.08 bits per heavy atom. The summed E-state index contributed by atoms with van der Waals surface area (Å²) in [6, 6.07) is 20.3. The Kier molecular flexibility index (Phi) is 5.29. The van der Waals surface area contributed by atoms with E-state index in [9.17, 15) is 0 Å². The molecule has 3 rings (SSSR count). The molecule has 0 saturated heterocycles. The minimum absolute atomic E-state index is 0.0696. The van der Waals surface area contributed by atoms with Crippen LogP contribution in [0.3, 0.4) is 0 Å². The summed E-state index contributed by atoms with van der Waals surface area (Å²) in [7, 11) is 0. The van der Waals surface area contributed by atoms with Gasteiger partial charge in [0.1, 0.15) is 5.75 Å². The molecule has 0 aliphatic rings. The predicted octanol–water partition coefficient (Wildman–Crippen LogP) is 3.96. The van der Waals surface area contributed by atoms with Crippen molar-refractivity contribution in [2.75, 3.05) is 13.2 Å². The Bertz CT molecular complexity index is 767. The molecule has 4 heteroatoms. The number of rotatable bonds is 7. The van der Waals surface area contributed by atoms with Gasteiger partial charge in [-0.3, -0.25) is 5.10 Å². The molecule has 0 bridgehead atoms. The maximum absolute atomic E-state index is 6.05. The monoisotopic (exact) mass is 321 g/mol. The van der Waals surface area contributed by atoms with Crippen LogP contribution in [0.4, 0.5) is 0 Å². The molecule has 0 radical (unpaired) electrons. The molecule has 124 valence electrons. The van der Waals surface area contributed by atoms with Gasteiger partial charge in [-0.25, -0.2) is 0 Å². The van der Waals surface area contributed by atoms with Gasteiger partial charge in [0, 0.05) is 23.7 Å². The topological polar surface area (TPSA) is 63.9 Å². The fraction of sp³-hybridized carbons (Fsp3) is 0.250. The minimum atomic E-state index is 0.0696.